The van der Waals surface area contributed by atoms with E-state index in [0.29, 0.717) is 0 Å². The van der Waals surface area contributed by atoms with Crippen LogP contribution in [-0.4, -0.2) is 312 Å². The van der Waals surface area contributed by atoms with Gasteiger partial charge in [0.05, 0.1) is 38.6 Å². The Morgan fingerprint density at radius 3 is 1.39 bits per heavy atom. The van der Waals surface area contributed by atoms with Crippen LogP contribution in [0.5, 0.6) is 0 Å². The van der Waals surface area contributed by atoms with Crippen molar-refractivity contribution in [3.05, 3.63) is 0 Å². The molecule has 75 heavy (non-hydrogen) atoms. The predicted octanol–water partition coefficient (Wildman–Crippen LogP) is -11.9. The summed E-state index contributed by atoms with van der Waals surface area (Å²) < 4.78 is 100. The van der Waals surface area contributed by atoms with E-state index in [-0.39, 0.29) is 0 Å². The van der Waals surface area contributed by atoms with Crippen LogP contribution in [0, 0.1) is 0 Å². The Balaban J connectivity index is 1.35. The monoisotopic (exact) mass is 1120 g/mol. The fraction of sp³-hybridized carbons (Fsp3) is 0.950. The smallest absolute Gasteiger partial charge is 0.394 e. The minimum atomic E-state index is -5.12. The van der Waals surface area contributed by atoms with Crippen molar-refractivity contribution in [2.45, 2.75) is 212 Å². The van der Waals surface area contributed by atoms with E-state index in [9.17, 15) is 94.6 Å². The summed E-state index contributed by atoms with van der Waals surface area (Å²) in [6.45, 7) is 0.400. The number of hydrogen-bond acceptors (Lipinski definition) is 31. The molecule has 0 aromatic heterocycles. The van der Waals surface area contributed by atoms with Crippen molar-refractivity contribution in [1.82, 2.24) is 10.6 Å². The van der Waals surface area contributed by atoms with Crippen LogP contribution in [0.3, 0.4) is 0 Å². The Hall–Kier alpha value is -2.23. The lowest BCUT2D eigenvalue weighted by molar-refractivity contribution is -0.410. The molecule has 6 saturated heterocycles. The highest BCUT2D eigenvalue weighted by Crippen LogP contribution is 2.38. The molecule has 0 bridgehead atoms. The van der Waals surface area contributed by atoms with E-state index < -0.39 is 233 Å². The summed E-state index contributed by atoms with van der Waals surface area (Å²) in [4.78, 5) is 24.7. The lowest BCUT2D eigenvalue weighted by Crippen LogP contribution is -2.70. The topological polar surface area (TPSA) is 527 Å². The van der Waals surface area contributed by atoms with Crippen molar-refractivity contribution in [2.24, 2.45) is 0 Å². The third kappa shape index (κ3) is 14.2. The van der Waals surface area contributed by atoms with Crippen molar-refractivity contribution in [3.8, 4) is 0 Å². The largest absolute Gasteiger partial charge is 0.397 e. The zero-order valence-corrected chi connectivity index (χ0v) is 41.1. The van der Waals surface area contributed by atoms with Gasteiger partial charge in [0.15, 0.2) is 37.7 Å². The fourth-order valence-electron chi connectivity index (χ4n) is 9.20. The normalized spacial score (nSPS) is 49.0. The Morgan fingerprint density at radius 2 is 0.867 bits per heavy atom. The van der Waals surface area contributed by atoms with Gasteiger partial charge in [-0.25, -0.2) is 4.18 Å². The Kier molecular flexibility index (Phi) is 21.4. The van der Waals surface area contributed by atoms with Gasteiger partial charge in [-0.1, -0.05) is 0 Å². The van der Waals surface area contributed by atoms with Crippen molar-refractivity contribution < 1.29 is 155 Å². The average molecular weight is 1120 g/mol. The van der Waals surface area contributed by atoms with Gasteiger partial charge < -0.3 is 139 Å². The quantitative estimate of drug-likeness (QED) is 0.0567. The Labute approximate surface area is 425 Å². The minimum absolute atomic E-state index is 0.802. The molecule has 6 aliphatic heterocycles. The maximum atomic E-state index is 12.6. The fourth-order valence-corrected chi connectivity index (χ4v) is 9.50. The third-order valence-electron chi connectivity index (χ3n) is 13.3. The number of ether oxygens (including phenoxy) is 11. The zero-order chi connectivity index (χ0) is 55.7. The van der Waals surface area contributed by atoms with Gasteiger partial charge in [-0.15, -0.1) is 0 Å². The molecule has 0 aromatic carbocycles. The lowest BCUT2D eigenvalue weighted by Gasteiger charge is -2.51. The van der Waals surface area contributed by atoms with E-state index in [2.05, 4.69) is 14.8 Å². The summed E-state index contributed by atoms with van der Waals surface area (Å²) in [5.74, 6) is -1.67. The van der Waals surface area contributed by atoms with Crippen molar-refractivity contribution >= 4 is 22.2 Å². The molecule has 6 aliphatic rings. The molecule has 0 aliphatic carbocycles. The van der Waals surface area contributed by atoms with Gasteiger partial charge in [-0.2, -0.15) is 8.42 Å². The molecule has 0 aromatic rings. The number of hydrogen-bond donors (Lipinski definition) is 18. The maximum absolute atomic E-state index is 12.6. The van der Waals surface area contributed by atoms with Gasteiger partial charge in [0.2, 0.25) is 11.8 Å². The molecule has 0 saturated carbocycles. The van der Waals surface area contributed by atoms with E-state index in [1.54, 1.807) is 0 Å². The van der Waals surface area contributed by atoms with E-state index in [0.717, 1.165) is 13.8 Å². The van der Waals surface area contributed by atoms with Gasteiger partial charge in [-0.3, -0.25) is 14.1 Å². The van der Waals surface area contributed by atoms with Gasteiger partial charge in [0.1, 0.15) is 134 Å². The van der Waals surface area contributed by atoms with Gasteiger partial charge in [-0.05, 0) is 13.8 Å². The summed E-state index contributed by atoms with van der Waals surface area (Å²) in [6.07, 6.45) is -54.1. The number of nitrogens with one attached hydrogen (secondary N) is 2. The molecule has 6 fully saturated rings. The van der Waals surface area contributed by atoms with Crippen LogP contribution >= 0.6 is 0 Å². The highest BCUT2D eigenvalue weighted by molar-refractivity contribution is 7.80. The van der Waals surface area contributed by atoms with Crippen LogP contribution in [0.25, 0.3) is 0 Å². The molecule has 6 rings (SSSR count). The van der Waals surface area contributed by atoms with E-state index in [1.807, 2.05) is 0 Å². The third-order valence-corrected chi connectivity index (χ3v) is 13.8. The molecule has 30 atom stereocenters. The second kappa shape index (κ2) is 25.9. The van der Waals surface area contributed by atoms with Crippen LogP contribution in [0.2, 0.25) is 0 Å². The first-order valence-corrected chi connectivity index (χ1v) is 24.8. The minimum Gasteiger partial charge on any atom is -0.394 e. The Morgan fingerprint density at radius 1 is 0.440 bits per heavy atom. The second-order valence-electron chi connectivity index (χ2n) is 18.8. The summed E-state index contributed by atoms with van der Waals surface area (Å²) in [6, 6.07) is -3.46. The van der Waals surface area contributed by atoms with Gasteiger partial charge >= 0.3 is 10.4 Å². The van der Waals surface area contributed by atoms with E-state index in [1.165, 1.54) is 13.8 Å². The number of aliphatic hydroxyl groups excluding tert-OH is 15. The number of aliphatic hydroxyl groups is 15. The Bertz CT molecular complexity index is 1970. The zero-order valence-electron chi connectivity index (χ0n) is 40.2. The highest BCUT2D eigenvalue weighted by atomic mass is 32.3. The lowest BCUT2D eigenvalue weighted by atomic mass is 9.94. The molecule has 6 heterocycles. The molecule has 2 amide bonds. The molecular formula is C40H68N2O32S. The molecule has 436 valence electrons. The molecule has 35 heteroatoms. The number of carbonyl (C=O) groups excluding carboxylic acids is 2. The summed E-state index contributed by atoms with van der Waals surface area (Å²) >= 11 is 0. The first-order chi connectivity index (χ1) is 35.1. The van der Waals surface area contributed by atoms with Gasteiger partial charge in [0, 0.05) is 13.8 Å². The number of amides is 2. The average Bonchev–Trinajstić information content (AvgIpc) is 3.34. The predicted molar refractivity (Wildman–Crippen MR) is 230 cm³/mol. The molecule has 0 unspecified atom stereocenters. The van der Waals surface area contributed by atoms with Gasteiger partial charge in [0.25, 0.3) is 0 Å². The summed E-state index contributed by atoms with van der Waals surface area (Å²) in [5.41, 5.74) is 0. The van der Waals surface area contributed by atoms with Crippen molar-refractivity contribution in [1.29, 1.82) is 0 Å². The maximum Gasteiger partial charge on any atom is 0.397 e. The second-order valence-corrected chi connectivity index (χ2v) is 19.9. The van der Waals surface area contributed by atoms with Crippen LogP contribution in [0.4, 0.5) is 0 Å². The standard InChI is InChI=1S/C40H68N2O32S/c1-9-19(47)26(54)29(57)37(65-9)73-33-28(56)21(49)13(5-43)68-39(33)72-32-23(51)14(6-44)69-40(34(32)74-38-30(58)27(55)20(48)10(2)66-38)71-31-18(42-12(4)46)35(59)67-15(24(31)52)7-63-36-17(41-11(3)45)25(53)22(50)16(70-36)8-64-75(60,61)62/h9-10,13-40,43-44,47-59H,5-8H2,1-4H3,(H,41,45)(H,42,46)(H,60,61,62)/t9-,10-,13+,14+,15+,16+,17+,18+,19+,20+,21-,22+,23-,24-,25+,26+,27+,28-,29-,30-,31+,32-,33+,34+,35-,36+,37-,38-,39-,40-/m0/s1. The molecule has 0 radical (unpaired) electrons. The van der Waals surface area contributed by atoms with E-state index in [4.69, 9.17) is 56.7 Å². The highest BCUT2D eigenvalue weighted by Gasteiger charge is 2.58. The molecule has 18 N–H and O–H groups in total. The van der Waals surface area contributed by atoms with Crippen LogP contribution < -0.4 is 10.6 Å². The van der Waals surface area contributed by atoms with Crippen LogP contribution in [0.1, 0.15) is 27.7 Å². The summed E-state index contributed by atoms with van der Waals surface area (Å²) in [5, 5.41) is 168. The SMILES string of the molecule is CC(=O)N[C@@H]1[C@@H](O[C@@H]2O[C@H](CO)[C@H](O)[C@H](O[C@@H]3O[C@H](CO)[C@H](O)[C@H](O)[C@H]3O[C@@H]3O[C@@H](C)[C@@H](O)[C@@H](O)[C@@H]3O)[C@H]2O[C@@H]2O[C@@H](C)[C@@H](O)[C@@H](O)[C@@H]2O)[C@@H](O)[C@@H](CO[C@@H]2O[C@H](COS(=O)(=O)O)[C@@H](O)[C@H](O)[C@H]2NC(C)=O)O[C@@H]1O. The first kappa shape index (κ1) is 62.0. The number of rotatable bonds is 18. The summed E-state index contributed by atoms with van der Waals surface area (Å²) in [7, 11) is -5.12. The van der Waals surface area contributed by atoms with Crippen LogP contribution in [-0.2, 0) is 76.3 Å². The van der Waals surface area contributed by atoms with Crippen molar-refractivity contribution in [2.75, 3.05) is 26.4 Å². The molecular weight excluding hydrogens is 1050 g/mol. The number of carbonyl (C=O) groups is 2. The molecule has 34 nitrogen and oxygen atoms in total. The van der Waals surface area contributed by atoms with Crippen LogP contribution in [0.15, 0.2) is 0 Å². The van der Waals surface area contributed by atoms with Crippen molar-refractivity contribution in [3.63, 3.8) is 0 Å². The molecule has 0 spiro atoms. The van der Waals surface area contributed by atoms with E-state index >= 15 is 0 Å². The first-order valence-electron chi connectivity index (χ1n) is 23.5.